The van der Waals surface area contributed by atoms with Crippen molar-refractivity contribution in [2.24, 2.45) is 0 Å². The molecule has 1 aromatic rings. The predicted octanol–water partition coefficient (Wildman–Crippen LogP) is 9.28. The topological polar surface area (TPSA) is 0 Å². The molecule has 1 aliphatic carbocycles. The van der Waals surface area contributed by atoms with Gasteiger partial charge in [0.05, 0.1) is 8.07 Å². The fourth-order valence-electron chi connectivity index (χ4n) is 6.76. The van der Waals surface area contributed by atoms with E-state index in [1.54, 1.807) is 10.8 Å². The molecule has 2 heteroatoms. The van der Waals surface area contributed by atoms with E-state index in [9.17, 15) is 0 Å². The van der Waals surface area contributed by atoms with Crippen LogP contribution in [0.4, 0.5) is 0 Å². The van der Waals surface area contributed by atoms with E-state index in [0.717, 1.165) is 12.8 Å². The van der Waals surface area contributed by atoms with E-state index < -0.39 is 8.07 Å². The van der Waals surface area contributed by atoms with Crippen molar-refractivity contribution < 1.29 is 21.7 Å². The normalized spacial score (nSPS) is 18.7. The predicted molar refractivity (Wildman–Crippen MR) is 148 cm³/mol. The Morgan fingerprint density at radius 3 is 1.41 bits per heavy atom. The number of hydrogen-bond donors (Lipinski definition) is 0. The molecule has 0 amide bonds. The van der Waals surface area contributed by atoms with Crippen molar-refractivity contribution >= 4 is 13.3 Å². The second-order valence-electron chi connectivity index (χ2n) is 11.1. The SMILES string of the molecule is CCc1cc(CC)cc([Si](C(C)(C)C)(C(C)(C)C)C2(C)[C-]=C(C)C(C)=C2C)c1.[CH3-].[CH3-].[CH3-].[Ti+4]. The molecule has 2 rings (SSSR count). The van der Waals surface area contributed by atoms with Gasteiger partial charge in [0.2, 0.25) is 0 Å². The van der Waals surface area contributed by atoms with Gasteiger partial charge in [-0.1, -0.05) is 105 Å². The molecule has 32 heavy (non-hydrogen) atoms. The van der Waals surface area contributed by atoms with Crippen LogP contribution in [0.2, 0.25) is 15.1 Å². The Bertz CT molecular complexity index is 778. The molecule has 0 fully saturated rings. The number of hydrogen-bond acceptors (Lipinski definition) is 0. The molecule has 1 aliphatic rings. The Kier molecular flexibility index (Phi) is 13.4. The molecule has 0 nitrogen and oxygen atoms in total. The summed E-state index contributed by atoms with van der Waals surface area (Å²) < 4.78 is 0. The Morgan fingerprint density at radius 1 is 0.781 bits per heavy atom. The summed E-state index contributed by atoms with van der Waals surface area (Å²) in [6.45, 7) is 29.0. The Morgan fingerprint density at radius 2 is 1.16 bits per heavy atom. The van der Waals surface area contributed by atoms with Crippen LogP contribution >= 0.6 is 0 Å². The summed E-state index contributed by atoms with van der Waals surface area (Å²) in [4.78, 5) is 0. The summed E-state index contributed by atoms with van der Waals surface area (Å²) in [5.41, 5.74) is 7.32. The van der Waals surface area contributed by atoms with E-state index >= 15 is 0 Å². The Labute approximate surface area is 219 Å². The zero-order valence-corrected chi connectivity index (χ0v) is 26.7. The molecule has 1 unspecified atom stereocenters. The largest absolute Gasteiger partial charge is 4.00 e. The van der Waals surface area contributed by atoms with Crippen molar-refractivity contribution in [2.75, 3.05) is 0 Å². The fourth-order valence-corrected chi connectivity index (χ4v) is 16.2. The first-order valence-corrected chi connectivity index (χ1v) is 13.1. The smallest absolute Gasteiger partial charge is 0.358 e. The molecule has 180 valence electrons. The maximum atomic E-state index is 4.06. The third kappa shape index (κ3) is 5.31. The molecular weight excluding hydrogens is 436 g/mol. The van der Waals surface area contributed by atoms with Crippen LogP contribution in [0.25, 0.3) is 0 Å². The zero-order chi connectivity index (χ0) is 21.7. The van der Waals surface area contributed by atoms with E-state index in [-0.39, 0.29) is 59.1 Å². The van der Waals surface area contributed by atoms with Crippen molar-refractivity contribution in [1.29, 1.82) is 0 Å². The molecule has 1 aromatic carbocycles. The fraction of sp³-hybridized carbons (Fsp3) is 0.567. The number of benzene rings is 1. The molecule has 0 radical (unpaired) electrons. The second-order valence-corrected chi connectivity index (χ2v) is 17.2. The second kappa shape index (κ2) is 11.9. The molecule has 0 saturated carbocycles. The summed E-state index contributed by atoms with van der Waals surface area (Å²) in [7, 11) is -2.20. The van der Waals surface area contributed by atoms with Gasteiger partial charge in [0.25, 0.3) is 0 Å². The molecular formula is C30H52SiTi. The van der Waals surface area contributed by atoms with Crippen LogP contribution < -0.4 is 5.19 Å². The molecule has 0 heterocycles. The molecule has 0 saturated heterocycles. The minimum Gasteiger partial charge on any atom is -0.358 e. The van der Waals surface area contributed by atoms with Gasteiger partial charge < -0.3 is 22.3 Å². The monoisotopic (exact) mass is 488 g/mol. The van der Waals surface area contributed by atoms with E-state index in [1.807, 2.05) is 0 Å². The van der Waals surface area contributed by atoms with Gasteiger partial charge >= 0.3 is 21.7 Å². The third-order valence-corrected chi connectivity index (χ3v) is 15.3. The summed E-state index contributed by atoms with van der Waals surface area (Å²) in [5, 5.41) is 2.00. The van der Waals surface area contributed by atoms with Crippen LogP contribution in [0.3, 0.4) is 0 Å². The van der Waals surface area contributed by atoms with Gasteiger partial charge in [0.1, 0.15) is 0 Å². The zero-order valence-electron chi connectivity index (χ0n) is 24.1. The van der Waals surface area contributed by atoms with Crippen LogP contribution in [-0.4, -0.2) is 8.07 Å². The van der Waals surface area contributed by atoms with Crippen molar-refractivity contribution in [1.82, 2.24) is 0 Å². The molecule has 1 atom stereocenters. The van der Waals surface area contributed by atoms with E-state index in [1.165, 1.54) is 22.3 Å². The summed E-state index contributed by atoms with van der Waals surface area (Å²) in [5.74, 6) is 0. The van der Waals surface area contributed by atoms with Gasteiger partial charge in [-0.3, -0.25) is 6.08 Å². The molecule has 0 bridgehead atoms. The van der Waals surface area contributed by atoms with Crippen molar-refractivity contribution in [3.8, 4) is 0 Å². The van der Waals surface area contributed by atoms with Crippen molar-refractivity contribution in [3.63, 3.8) is 0 Å². The maximum Gasteiger partial charge on any atom is 4.00 e. The number of rotatable bonds is 4. The summed E-state index contributed by atoms with van der Waals surface area (Å²) in [6.07, 6.45) is 6.26. The van der Waals surface area contributed by atoms with Crippen LogP contribution in [0, 0.1) is 28.4 Å². The molecule has 0 aliphatic heterocycles. The van der Waals surface area contributed by atoms with Crippen LogP contribution in [0.1, 0.15) is 94.2 Å². The van der Waals surface area contributed by atoms with Crippen LogP contribution in [-0.2, 0) is 34.6 Å². The first-order valence-electron chi connectivity index (χ1n) is 11.1. The Balaban J connectivity index is -0.00000210. The first-order chi connectivity index (χ1) is 12.7. The number of aryl methyl sites for hydroxylation is 2. The maximum absolute atomic E-state index is 4.06. The minimum atomic E-state index is -2.20. The van der Waals surface area contributed by atoms with Crippen molar-refractivity contribution in [3.05, 3.63) is 74.4 Å². The van der Waals surface area contributed by atoms with Gasteiger partial charge in [-0.15, -0.1) is 6.92 Å². The summed E-state index contributed by atoms with van der Waals surface area (Å²) >= 11 is 0. The van der Waals surface area contributed by atoms with Gasteiger partial charge in [-0.05, 0) is 34.0 Å². The quantitative estimate of drug-likeness (QED) is 0.293. The molecule has 0 aromatic heterocycles. The van der Waals surface area contributed by atoms with Crippen LogP contribution in [0.15, 0.2) is 34.9 Å². The van der Waals surface area contributed by atoms with Gasteiger partial charge in [-0.2, -0.15) is 11.1 Å². The van der Waals surface area contributed by atoms with E-state index in [2.05, 4.69) is 107 Å². The van der Waals surface area contributed by atoms with Crippen molar-refractivity contribution in [2.45, 2.75) is 111 Å². The third-order valence-electron chi connectivity index (χ3n) is 7.61. The summed E-state index contributed by atoms with van der Waals surface area (Å²) in [6, 6.07) is 7.54. The van der Waals surface area contributed by atoms with E-state index in [4.69, 9.17) is 0 Å². The first kappa shape index (κ1) is 36.2. The van der Waals surface area contributed by atoms with Gasteiger partial charge in [0, 0.05) is 0 Å². The molecule has 0 N–H and O–H groups in total. The standard InChI is InChI=1S/C27H43Si.3CH3.Ti/c1-13-22-15-23(14-2)17-24(16-22)28(25(6,7)8,26(9,10)11)27(12)18-19(3)20(4)21(27)5;;;;/h15-17H,13-14H2,1-12H3;3*1H3;/q4*-1;+4. The van der Waals surface area contributed by atoms with Crippen LogP contribution in [0.5, 0.6) is 0 Å². The van der Waals surface area contributed by atoms with E-state index in [0.29, 0.717) is 0 Å². The van der Waals surface area contributed by atoms with Gasteiger partial charge in [0.15, 0.2) is 0 Å². The number of allylic oxidation sites excluding steroid dienone is 4. The molecule has 0 spiro atoms. The van der Waals surface area contributed by atoms with Gasteiger partial charge in [-0.25, -0.2) is 5.57 Å². The average molecular weight is 489 g/mol. The average Bonchev–Trinajstić information content (AvgIpc) is 2.75. The minimum absolute atomic E-state index is 0. The Hall–Kier alpha value is -0.369.